The number of rotatable bonds is 4. The number of phenols is 1. The maximum absolute atomic E-state index is 10.5. The molecule has 2 aromatic heterocycles. The number of aromatic nitrogens is 3. The number of anilines is 2. The van der Waals surface area contributed by atoms with Crippen LogP contribution in [0.15, 0.2) is 42.7 Å². The fourth-order valence-electron chi connectivity index (χ4n) is 4.70. The summed E-state index contributed by atoms with van der Waals surface area (Å²) in [7, 11) is 0. The van der Waals surface area contributed by atoms with Crippen molar-refractivity contribution in [3.8, 4) is 28.1 Å². The Bertz CT molecular complexity index is 1030. The molecule has 3 aromatic rings. The van der Waals surface area contributed by atoms with Gasteiger partial charge < -0.3 is 26.5 Å². The Balaban J connectivity index is 1.55. The molecule has 0 atom stereocenters. The van der Waals surface area contributed by atoms with Crippen LogP contribution in [0.2, 0.25) is 0 Å². The largest absolute Gasteiger partial charge is 0.507 e. The molecular weight excluding hydrogens is 376 g/mol. The minimum Gasteiger partial charge on any atom is -0.507 e. The van der Waals surface area contributed by atoms with E-state index >= 15 is 0 Å². The van der Waals surface area contributed by atoms with Gasteiger partial charge in [0.15, 0.2) is 5.82 Å². The highest BCUT2D eigenvalue weighted by atomic mass is 16.3. The van der Waals surface area contributed by atoms with Crippen molar-refractivity contribution in [2.45, 2.75) is 57.7 Å². The molecule has 158 valence electrons. The lowest BCUT2D eigenvalue weighted by Crippen LogP contribution is -2.60. The molecule has 0 aliphatic carbocycles. The summed E-state index contributed by atoms with van der Waals surface area (Å²) < 4.78 is 0. The Morgan fingerprint density at radius 2 is 1.77 bits per heavy atom. The van der Waals surface area contributed by atoms with E-state index in [4.69, 9.17) is 5.73 Å². The number of nitrogens with zero attached hydrogens (tertiary/aromatic N) is 2. The standard InChI is InChI=1S/C23H30N6O/c1-22(2)11-16(12-23(3,4)29-22)26-21-18(24)10-19(27-28-21)17-6-5-14(9-20(17)30)15-7-8-25-13-15/h5-10,13,16,25,29-30H,11-12H2,1-4H3,(H2,24,27)(H,26,28). The molecule has 0 spiro atoms. The van der Waals surface area contributed by atoms with Crippen molar-refractivity contribution in [3.63, 3.8) is 0 Å². The van der Waals surface area contributed by atoms with E-state index in [1.54, 1.807) is 12.1 Å². The number of H-pyrrole nitrogens is 1. The number of piperidine rings is 1. The van der Waals surface area contributed by atoms with E-state index in [9.17, 15) is 5.11 Å². The summed E-state index contributed by atoms with van der Waals surface area (Å²) >= 11 is 0. The van der Waals surface area contributed by atoms with Gasteiger partial charge in [-0.05, 0) is 75.9 Å². The van der Waals surface area contributed by atoms with E-state index in [1.165, 1.54) is 0 Å². The fourth-order valence-corrected chi connectivity index (χ4v) is 4.70. The second kappa shape index (κ2) is 7.32. The molecular formula is C23H30N6O. The zero-order chi connectivity index (χ0) is 21.5. The second-order valence-electron chi connectivity index (χ2n) is 9.51. The zero-order valence-electron chi connectivity index (χ0n) is 18.0. The molecule has 1 aromatic carbocycles. The molecule has 7 nitrogen and oxygen atoms in total. The number of aromatic amines is 1. The molecule has 1 aliphatic rings. The van der Waals surface area contributed by atoms with Gasteiger partial charge in [0.2, 0.25) is 0 Å². The Morgan fingerprint density at radius 1 is 1.03 bits per heavy atom. The number of hydrogen-bond donors (Lipinski definition) is 5. The van der Waals surface area contributed by atoms with E-state index in [0.29, 0.717) is 22.8 Å². The number of nitrogen functional groups attached to an aromatic ring is 1. The smallest absolute Gasteiger partial charge is 0.172 e. The molecule has 7 heteroatoms. The Labute approximate surface area is 177 Å². The predicted octanol–water partition coefficient (Wildman–Crippen LogP) is 4.15. The zero-order valence-corrected chi connectivity index (χ0v) is 18.0. The van der Waals surface area contributed by atoms with Crippen LogP contribution >= 0.6 is 0 Å². The molecule has 4 rings (SSSR count). The van der Waals surface area contributed by atoms with E-state index in [2.05, 4.69) is 53.5 Å². The SMILES string of the molecule is CC1(C)CC(Nc2nnc(-c3ccc(-c4cc[nH]c4)cc3O)cc2N)CC(C)(C)N1. The van der Waals surface area contributed by atoms with Gasteiger partial charge in [-0.3, -0.25) is 0 Å². The van der Waals surface area contributed by atoms with Gasteiger partial charge in [-0.15, -0.1) is 10.2 Å². The van der Waals surface area contributed by atoms with Crippen LogP contribution < -0.4 is 16.4 Å². The van der Waals surface area contributed by atoms with Crippen LogP contribution in [0.5, 0.6) is 5.75 Å². The normalized spacial score (nSPS) is 18.3. The van der Waals surface area contributed by atoms with Crippen molar-refractivity contribution in [1.82, 2.24) is 20.5 Å². The molecule has 1 fully saturated rings. The first-order valence-electron chi connectivity index (χ1n) is 10.3. The topological polar surface area (TPSA) is 112 Å². The number of nitrogens with two attached hydrogens (primary N) is 1. The van der Waals surface area contributed by atoms with Gasteiger partial charge in [-0.1, -0.05) is 6.07 Å². The predicted molar refractivity (Wildman–Crippen MR) is 121 cm³/mol. The van der Waals surface area contributed by atoms with Gasteiger partial charge in [-0.25, -0.2) is 0 Å². The van der Waals surface area contributed by atoms with E-state index in [1.807, 2.05) is 30.6 Å². The molecule has 0 amide bonds. The van der Waals surface area contributed by atoms with Crippen molar-refractivity contribution < 1.29 is 5.11 Å². The summed E-state index contributed by atoms with van der Waals surface area (Å²) in [6.07, 6.45) is 5.65. The first kappa shape index (κ1) is 20.2. The lowest BCUT2D eigenvalue weighted by molar-refractivity contribution is 0.170. The third-order valence-corrected chi connectivity index (χ3v) is 5.56. The van der Waals surface area contributed by atoms with Crippen molar-refractivity contribution in [3.05, 3.63) is 42.7 Å². The van der Waals surface area contributed by atoms with Crippen molar-refractivity contribution in [2.24, 2.45) is 0 Å². The van der Waals surface area contributed by atoms with Crippen LogP contribution in [-0.2, 0) is 0 Å². The summed E-state index contributed by atoms with van der Waals surface area (Å²) in [6.45, 7) is 8.84. The summed E-state index contributed by atoms with van der Waals surface area (Å²) in [5, 5.41) is 26.4. The lowest BCUT2D eigenvalue weighted by Gasteiger charge is -2.46. The van der Waals surface area contributed by atoms with Crippen molar-refractivity contribution >= 4 is 11.5 Å². The van der Waals surface area contributed by atoms with Gasteiger partial charge in [0, 0.05) is 35.1 Å². The molecule has 0 unspecified atom stereocenters. The van der Waals surface area contributed by atoms with Crippen LogP contribution in [0.4, 0.5) is 11.5 Å². The first-order chi connectivity index (χ1) is 14.1. The molecule has 0 saturated carbocycles. The fraction of sp³-hybridized carbons (Fsp3) is 0.391. The molecule has 1 aliphatic heterocycles. The Morgan fingerprint density at radius 3 is 2.37 bits per heavy atom. The summed E-state index contributed by atoms with van der Waals surface area (Å²) in [4.78, 5) is 3.02. The highest BCUT2D eigenvalue weighted by molar-refractivity contribution is 5.76. The van der Waals surface area contributed by atoms with Crippen LogP contribution in [0.3, 0.4) is 0 Å². The first-order valence-corrected chi connectivity index (χ1v) is 10.3. The monoisotopic (exact) mass is 406 g/mol. The lowest BCUT2D eigenvalue weighted by atomic mass is 9.79. The van der Waals surface area contributed by atoms with E-state index < -0.39 is 0 Å². The second-order valence-corrected chi connectivity index (χ2v) is 9.51. The molecule has 3 heterocycles. The van der Waals surface area contributed by atoms with Crippen LogP contribution in [0.1, 0.15) is 40.5 Å². The molecule has 30 heavy (non-hydrogen) atoms. The van der Waals surface area contributed by atoms with E-state index in [0.717, 1.165) is 24.0 Å². The quantitative estimate of drug-likeness (QED) is 0.445. The van der Waals surface area contributed by atoms with Gasteiger partial charge in [-0.2, -0.15) is 0 Å². The average Bonchev–Trinajstić information content (AvgIpc) is 3.15. The van der Waals surface area contributed by atoms with Gasteiger partial charge in [0.25, 0.3) is 0 Å². The van der Waals surface area contributed by atoms with Crippen molar-refractivity contribution in [2.75, 3.05) is 11.1 Å². The Kier molecular flexibility index (Phi) is 4.94. The molecule has 1 saturated heterocycles. The summed E-state index contributed by atoms with van der Waals surface area (Å²) in [5.74, 6) is 0.727. The minimum absolute atomic E-state index is 0.0224. The minimum atomic E-state index is 0.0224. The van der Waals surface area contributed by atoms with Crippen LogP contribution in [0, 0.1) is 0 Å². The highest BCUT2D eigenvalue weighted by Crippen LogP contribution is 2.35. The van der Waals surface area contributed by atoms with Crippen LogP contribution in [0.25, 0.3) is 22.4 Å². The number of benzene rings is 1. The van der Waals surface area contributed by atoms with E-state index in [-0.39, 0.29) is 22.9 Å². The van der Waals surface area contributed by atoms with Crippen LogP contribution in [-0.4, -0.2) is 37.4 Å². The van der Waals surface area contributed by atoms with Gasteiger partial charge in [0.05, 0.1) is 11.4 Å². The maximum atomic E-state index is 10.5. The molecule has 0 bridgehead atoms. The molecule has 6 N–H and O–H groups in total. The number of aromatic hydroxyl groups is 1. The maximum Gasteiger partial charge on any atom is 0.172 e. The third kappa shape index (κ3) is 4.26. The third-order valence-electron chi connectivity index (χ3n) is 5.56. The summed E-state index contributed by atoms with van der Waals surface area (Å²) in [5.41, 5.74) is 9.94. The number of hydrogen-bond acceptors (Lipinski definition) is 6. The van der Waals surface area contributed by atoms with Crippen molar-refractivity contribution in [1.29, 1.82) is 0 Å². The number of nitrogens with one attached hydrogen (secondary N) is 3. The Hall–Kier alpha value is -3.06. The van der Waals surface area contributed by atoms with Gasteiger partial charge in [0.1, 0.15) is 5.75 Å². The van der Waals surface area contributed by atoms with Gasteiger partial charge >= 0.3 is 0 Å². The summed E-state index contributed by atoms with van der Waals surface area (Å²) in [6, 6.07) is 9.47. The molecule has 0 radical (unpaired) electrons. The number of phenolic OH excluding ortho intramolecular Hbond substituents is 1. The highest BCUT2D eigenvalue weighted by Gasteiger charge is 2.37. The average molecular weight is 407 g/mol.